The van der Waals surface area contributed by atoms with Crippen LogP contribution in [0, 0.1) is 6.92 Å². The molecule has 0 aliphatic heterocycles. The number of ether oxygens (including phenoxy) is 1. The van der Waals surface area contributed by atoms with Crippen molar-refractivity contribution in [3.05, 3.63) is 29.3 Å². The van der Waals surface area contributed by atoms with Crippen LogP contribution in [0.4, 0.5) is 0 Å². The molecule has 0 bridgehead atoms. The van der Waals surface area contributed by atoms with Gasteiger partial charge in [-0.25, -0.2) is 4.79 Å². The SMILES string of the molecule is CC(=O)NCCNCC(O)COc1c(C)cccc1C(=O)O. The van der Waals surface area contributed by atoms with Gasteiger partial charge >= 0.3 is 5.97 Å². The molecule has 0 radical (unpaired) electrons. The number of benzene rings is 1. The topological polar surface area (TPSA) is 108 Å². The van der Waals surface area contributed by atoms with E-state index in [-0.39, 0.29) is 30.4 Å². The molecule has 1 amide bonds. The Morgan fingerprint density at radius 3 is 2.68 bits per heavy atom. The van der Waals surface area contributed by atoms with E-state index in [0.717, 1.165) is 0 Å². The third-order valence-electron chi connectivity index (χ3n) is 2.92. The van der Waals surface area contributed by atoms with Crippen LogP contribution < -0.4 is 15.4 Å². The number of hydrogen-bond donors (Lipinski definition) is 4. The molecular formula is C15H22N2O5. The number of carbonyl (C=O) groups excluding carboxylic acids is 1. The fourth-order valence-corrected chi connectivity index (χ4v) is 1.85. The summed E-state index contributed by atoms with van der Waals surface area (Å²) in [4.78, 5) is 21.8. The van der Waals surface area contributed by atoms with Crippen LogP contribution in [0.2, 0.25) is 0 Å². The molecule has 0 saturated carbocycles. The predicted octanol–water partition coefficient (Wildman–Crippen LogP) is 0.159. The monoisotopic (exact) mass is 310 g/mol. The van der Waals surface area contributed by atoms with Crippen molar-refractivity contribution in [2.75, 3.05) is 26.2 Å². The summed E-state index contributed by atoms with van der Waals surface area (Å²) >= 11 is 0. The maximum Gasteiger partial charge on any atom is 0.339 e. The standard InChI is InChI=1S/C15H22N2O5/c1-10-4-3-5-13(15(20)21)14(10)22-9-12(19)8-16-6-7-17-11(2)18/h3-5,12,16,19H,6-9H2,1-2H3,(H,17,18)(H,20,21). The Bertz CT molecular complexity index is 519. The molecule has 22 heavy (non-hydrogen) atoms. The van der Waals surface area contributed by atoms with Crippen LogP contribution >= 0.6 is 0 Å². The number of amides is 1. The predicted molar refractivity (Wildman–Crippen MR) is 81.2 cm³/mol. The Morgan fingerprint density at radius 2 is 2.05 bits per heavy atom. The Morgan fingerprint density at radius 1 is 1.32 bits per heavy atom. The molecule has 122 valence electrons. The maximum absolute atomic E-state index is 11.1. The molecule has 0 aliphatic rings. The zero-order valence-electron chi connectivity index (χ0n) is 12.8. The second-order valence-corrected chi connectivity index (χ2v) is 4.91. The molecule has 0 saturated heterocycles. The number of hydrogen-bond acceptors (Lipinski definition) is 5. The van der Waals surface area contributed by atoms with Crippen molar-refractivity contribution >= 4 is 11.9 Å². The third-order valence-corrected chi connectivity index (χ3v) is 2.92. The average molecular weight is 310 g/mol. The summed E-state index contributed by atoms with van der Waals surface area (Å²) in [6, 6.07) is 4.86. The van der Waals surface area contributed by atoms with Crippen LogP contribution in [0.5, 0.6) is 5.75 Å². The summed E-state index contributed by atoms with van der Waals surface area (Å²) in [5.74, 6) is -0.902. The molecule has 0 aliphatic carbocycles. The van der Waals surface area contributed by atoms with Gasteiger partial charge in [-0.2, -0.15) is 0 Å². The maximum atomic E-state index is 11.1. The normalized spacial score (nSPS) is 11.8. The highest BCUT2D eigenvalue weighted by molar-refractivity contribution is 5.91. The summed E-state index contributed by atoms with van der Waals surface area (Å²) in [6.07, 6.45) is -0.779. The summed E-state index contributed by atoms with van der Waals surface area (Å²) < 4.78 is 5.45. The van der Waals surface area contributed by atoms with Gasteiger partial charge in [0.25, 0.3) is 0 Å². The third kappa shape index (κ3) is 6.11. The number of para-hydroxylation sites is 1. The minimum atomic E-state index is -1.07. The van der Waals surface area contributed by atoms with Crippen LogP contribution in [0.1, 0.15) is 22.8 Å². The van der Waals surface area contributed by atoms with Crippen molar-refractivity contribution in [3.63, 3.8) is 0 Å². The highest BCUT2D eigenvalue weighted by Crippen LogP contribution is 2.23. The molecule has 7 heteroatoms. The van der Waals surface area contributed by atoms with E-state index in [1.807, 2.05) is 0 Å². The van der Waals surface area contributed by atoms with Crippen molar-refractivity contribution in [2.45, 2.75) is 20.0 Å². The first-order valence-electron chi connectivity index (χ1n) is 7.00. The van der Waals surface area contributed by atoms with E-state index >= 15 is 0 Å². The number of aromatic carboxylic acids is 1. The molecule has 0 fully saturated rings. The number of carboxylic acid groups (broad SMARTS) is 1. The first kappa shape index (κ1) is 17.9. The van der Waals surface area contributed by atoms with Crippen LogP contribution in [0.15, 0.2) is 18.2 Å². The van der Waals surface area contributed by atoms with Crippen molar-refractivity contribution in [1.29, 1.82) is 0 Å². The Balaban J connectivity index is 2.40. The number of aryl methyl sites for hydroxylation is 1. The molecule has 0 aromatic heterocycles. The molecule has 0 spiro atoms. The average Bonchev–Trinajstić information content (AvgIpc) is 2.44. The van der Waals surface area contributed by atoms with E-state index in [0.29, 0.717) is 18.7 Å². The first-order chi connectivity index (χ1) is 10.4. The van der Waals surface area contributed by atoms with E-state index < -0.39 is 12.1 Å². The van der Waals surface area contributed by atoms with Crippen molar-refractivity contribution < 1.29 is 24.5 Å². The Labute approximate surface area is 129 Å². The fraction of sp³-hybridized carbons (Fsp3) is 0.467. The second-order valence-electron chi connectivity index (χ2n) is 4.91. The highest BCUT2D eigenvalue weighted by Gasteiger charge is 2.14. The largest absolute Gasteiger partial charge is 0.490 e. The van der Waals surface area contributed by atoms with E-state index in [2.05, 4.69) is 10.6 Å². The van der Waals surface area contributed by atoms with Gasteiger partial charge in [0, 0.05) is 26.6 Å². The Kier molecular flexibility index (Phi) is 7.34. The van der Waals surface area contributed by atoms with Gasteiger partial charge in [0.2, 0.25) is 5.91 Å². The van der Waals surface area contributed by atoms with Gasteiger partial charge in [-0.3, -0.25) is 4.79 Å². The fourth-order valence-electron chi connectivity index (χ4n) is 1.85. The number of carboxylic acids is 1. The highest BCUT2D eigenvalue weighted by atomic mass is 16.5. The summed E-state index contributed by atoms with van der Waals surface area (Å²) in [6.45, 7) is 4.46. The number of aliphatic hydroxyl groups excluding tert-OH is 1. The van der Waals surface area contributed by atoms with Gasteiger partial charge in [-0.1, -0.05) is 12.1 Å². The van der Waals surface area contributed by atoms with E-state index in [4.69, 9.17) is 9.84 Å². The van der Waals surface area contributed by atoms with E-state index in [9.17, 15) is 14.7 Å². The van der Waals surface area contributed by atoms with Gasteiger partial charge in [-0.15, -0.1) is 0 Å². The molecule has 1 atom stereocenters. The zero-order valence-corrected chi connectivity index (χ0v) is 12.8. The van der Waals surface area contributed by atoms with Gasteiger partial charge < -0.3 is 25.6 Å². The molecule has 1 rings (SSSR count). The molecular weight excluding hydrogens is 288 g/mol. The van der Waals surface area contributed by atoms with E-state index in [1.165, 1.54) is 13.0 Å². The summed E-state index contributed by atoms with van der Waals surface area (Å²) in [7, 11) is 0. The quantitative estimate of drug-likeness (QED) is 0.484. The lowest BCUT2D eigenvalue weighted by atomic mass is 10.1. The second kappa shape index (κ2) is 9.01. The smallest absolute Gasteiger partial charge is 0.339 e. The molecule has 0 heterocycles. The summed E-state index contributed by atoms with van der Waals surface area (Å²) in [5, 5.41) is 24.5. The van der Waals surface area contributed by atoms with Gasteiger partial charge in [0.1, 0.15) is 24.0 Å². The molecule has 1 aromatic carbocycles. The minimum Gasteiger partial charge on any atom is -0.490 e. The molecule has 1 aromatic rings. The van der Waals surface area contributed by atoms with Gasteiger partial charge in [0.15, 0.2) is 0 Å². The lowest BCUT2D eigenvalue weighted by molar-refractivity contribution is -0.118. The van der Waals surface area contributed by atoms with Crippen molar-refractivity contribution in [1.82, 2.24) is 10.6 Å². The van der Waals surface area contributed by atoms with Gasteiger partial charge in [0.05, 0.1) is 0 Å². The number of carbonyl (C=O) groups is 2. The number of rotatable bonds is 9. The van der Waals surface area contributed by atoms with Crippen LogP contribution in [0.3, 0.4) is 0 Å². The van der Waals surface area contributed by atoms with Crippen LogP contribution in [0.25, 0.3) is 0 Å². The number of nitrogens with one attached hydrogen (secondary N) is 2. The Hall–Kier alpha value is -2.12. The lowest BCUT2D eigenvalue weighted by Crippen LogP contribution is -2.36. The number of aliphatic hydroxyl groups is 1. The minimum absolute atomic E-state index is 0.0156. The van der Waals surface area contributed by atoms with Crippen molar-refractivity contribution in [3.8, 4) is 5.75 Å². The zero-order chi connectivity index (χ0) is 16.5. The van der Waals surface area contributed by atoms with Gasteiger partial charge in [-0.05, 0) is 18.6 Å². The van der Waals surface area contributed by atoms with Crippen LogP contribution in [-0.2, 0) is 4.79 Å². The lowest BCUT2D eigenvalue weighted by Gasteiger charge is -2.16. The molecule has 4 N–H and O–H groups in total. The summed E-state index contributed by atoms with van der Waals surface area (Å²) in [5.41, 5.74) is 0.775. The molecule has 7 nitrogen and oxygen atoms in total. The van der Waals surface area contributed by atoms with E-state index in [1.54, 1.807) is 19.1 Å². The first-order valence-corrected chi connectivity index (χ1v) is 7.00. The molecule has 1 unspecified atom stereocenters. The van der Waals surface area contributed by atoms with Crippen molar-refractivity contribution in [2.24, 2.45) is 0 Å². The van der Waals surface area contributed by atoms with Crippen LogP contribution in [-0.4, -0.2) is 54.4 Å².